The molecule has 1 aromatic carbocycles. The largest absolute Gasteiger partial charge is 0.388 e. The molecule has 3 N–H and O–H groups in total. The van der Waals surface area contributed by atoms with Crippen LogP contribution in [0.2, 0.25) is 0 Å². The Hall–Kier alpha value is -1.13. The third-order valence-corrected chi connectivity index (χ3v) is 5.32. The van der Waals surface area contributed by atoms with Crippen molar-refractivity contribution in [1.29, 1.82) is 0 Å². The average Bonchev–Trinajstić information content (AvgIpc) is 2.68. The molecule has 146 valence electrons. The van der Waals surface area contributed by atoms with Crippen molar-refractivity contribution < 1.29 is 5.11 Å². The van der Waals surface area contributed by atoms with Crippen molar-refractivity contribution in [1.82, 2.24) is 4.98 Å². The maximum atomic E-state index is 11.0. The molecule has 0 amide bonds. The Kier molecular flexibility index (Phi) is 11.8. The molecular weight excluding hydrogens is 367 g/mol. The van der Waals surface area contributed by atoms with E-state index in [1.165, 1.54) is 19.9 Å². The van der Waals surface area contributed by atoms with Gasteiger partial charge in [-0.2, -0.15) is 0 Å². The van der Waals surface area contributed by atoms with Gasteiger partial charge in [0.15, 0.2) is 0 Å². The summed E-state index contributed by atoms with van der Waals surface area (Å²) in [5, 5.41) is 12.0. The monoisotopic (exact) mass is 398 g/mol. The van der Waals surface area contributed by atoms with Crippen molar-refractivity contribution in [2.45, 2.75) is 38.7 Å². The number of allylic oxidation sites excluding steroid dienone is 1. The molecule has 1 aromatic heterocycles. The van der Waals surface area contributed by atoms with Gasteiger partial charge in [-0.05, 0) is 61.8 Å². The van der Waals surface area contributed by atoms with Gasteiger partial charge in [0.1, 0.15) is 0 Å². The normalized spacial score (nSPS) is 21.2. The standard InChI is InChI=1S/C20H25NO.CH5N.2ClH/c1-3-14(2)15-7-6-8-16(13-15)20(22)18-11-12-21-19-10-5-4-9-17(18)19;1-2;;/h3-5,9-12,14-16,20,22H,1,6-8,13H2,2H3;2H2,1H3;2*1H/t14?,15?,16?,20-;;;/m1.../s1. The highest BCUT2D eigenvalue weighted by atomic mass is 35.5. The Morgan fingerprint density at radius 3 is 2.50 bits per heavy atom. The Balaban J connectivity index is 0.00000151. The van der Waals surface area contributed by atoms with Gasteiger partial charge in [0.2, 0.25) is 0 Å². The fraction of sp³-hybridized carbons (Fsp3) is 0.476. The molecule has 0 spiro atoms. The first-order valence-corrected chi connectivity index (χ1v) is 8.92. The number of halogens is 2. The van der Waals surface area contributed by atoms with Gasteiger partial charge in [0.05, 0.1) is 11.6 Å². The van der Waals surface area contributed by atoms with Crippen LogP contribution in [-0.4, -0.2) is 17.1 Å². The van der Waals surface area contributed by atoms with E-state index in [0.717, 1.165) is 29.3 Å². The maximum Gasteiger partial charge on any atom is 0.0825 e. The molecule has 0 bridgehead atoms. The first-order valence-electron chi connectivity index (χ1n) is 8.92. The first kappa shape index (κ1) is 24.9. The van der Waals surface area contributed by atoms with Crippen LogP contribution in [0.25, 0.3) is 10.9 Å². The summed E-state index contributed by atoms with van der Waals surface area (Å²) in [5.74, 6) is 1.52. The molecule has 3 nitrogen and oxygen atoms in total. The summed E-state index contributed by atoms with van der Waals surface area (Å²) in [6.45, 7) is 6.18. The van der Waals surface area contributed by atoms with Crippen molar-refractivity contribution in [3.63, 3.8) is 0 Å². The molecule has 3 unspecified atom stereocenters. The summed E-state index contributed by atoms with van der Waals surface area (Å²) in [6.07, 6.45) is 8.13. The van der Waals surface area contributed by atoms with Crippen molar-refractivity contribution in [2.24, 2.45) is 23.5 Å². The fourth-order valence-corrected chi connectivity index (χ4v) is 3.85. The highest BCUT2D eigenvalue weighted by Crippen LogP contribution is 2.41. The highest BCUT2D eigenvalue weighted by molar-refractivity contribution is 5.85. The smallest absolute Gasteiger partial charge is 0.0825 e. The summed E-state index contributed by atoms with van der Waals surface area (Å²) in [4.78, 5) is 4.40. The van der Waals surface area contributed by atoms with Gasteiger partial charge in [-0.1, -0.05) is 37.6 Å². The summed E-state index contributed by atoms with van der Waals surface area (Å²) in [5.41, 5.74) is 6.49. The molecule has 0 saturated heterocycles. The van der Waals surface area contributed by atoms with Gasteiger partial charge in [0.25, 0.3) is 0 Å². The second kappa shape index (κ2) is 12.3. The fourth-order valence-electron chi connectivity index (χ4n) is 3.85. The number of fused-ring (bicyclic) bond motifs is 1. The molecule has 1 aliphatic carbocycles. The van der Waals surface area contributed by atoms with E-state index in [2.05, 4.69) is 36.4 Å². The van der Waals surface area contributed by atoms with Gasteiger partial charge in [-0.15, -0.1) is 31.4 Å². The van der Waals surface area contributed by atoms with E-state index in [1.807, 2.05) is 30.5 Å². The van der Waals surface area contributed by atoms with Crippen LogP contribution < -0.4 is 5.73 Å². The minimum atomic E-state index is -0.396. The number of benzene rings is 1. The van der Waals surface area contributed by atoms with Gasteiger partial charge in [-0.25, -0.2) is 0 Å². The number of hydrogen-bond acceptors (Lipinski definition) is 3. The van der Waals surface area contributed by atoms with E-state index in [1.54, 1.807) is 0 Å². The molecule has 0 aliphatic heterocycles. The molecule has 1 aliphatic rings. The van der Waals surface area contributed by atoms with Crippen molar-refractivity contribution in [2.75, 3.05) is 7.05 Å². The van der Waals surface area contributed by atoms with Gasteiger partial charge < -0.3 is 10.8 Å². The zero-order valence-corrected chi connectivity index (χ0v) is 17.3. The lowest BCUT2D eigenvalue weighted by Gasteiger charge is -2.34. The predicted octanol–water partition coefficient (Wildman–Crippen LogP) is 5.32. The SMILES string of the molecule is C=CC(C)C1CCCC([C@@H](O)c2ccnc3ccccc23)C1.CN.Cl.Cl. The van der Waals surface area contributed by atoms with Crippen LogP contribution in [0.4, 0.5) is 0 Å². The van der Waals surface area contributed by atoms with Crippen molar-refractivity contribution in [3.8, 4) is 0 Å². The van der Waals surface area contributed by atoms with Crippen molar-refractivity contribution >= 4 is 35.7 Å². The molecule has 1 fully saturated rings. The maximum absolute atomic E-state index is 11.0. The average molecular weight is 399 g/mol. The van der Waals surface area contributed by atoms with Gasteiger partial charge in [0, 0.05) is 11.6 Å². The van der Waals surface area contributed by atoms with E-state index in [0.29, 0.717) is 17.8 Å². The molecule has 1 heterocycles. The molecule has 26 heavy (non-hydrogen) atoms. The number of rotatable bonds is 4. The molecule has 4 atom stereocenters. The third-order valence-electron chi connectivity index (χ3n) is 5.32. The topological polar surface area (TPSA) is 59.1 Å². The zero-order valence-electron chi connectivity index (χ0n) is 15.7. The number of nitrogens with zero attached hydrogens (tertiary/aromatic N) is 1. The lowest BCUT2D eigenvalue weighted by Crippen LogP contribution is -2.24. The van der Waals surface area contributed by atoms with Crippen LogP contribution in [-0.2, 0) is 0 Å². The minimum Gasteiger partial charge on any atom is -0.388 e. The van der Waals surface area contributed by atoms with Crippen LogP contribution in [0.15, 0.2) is 49.2 Å². The third kappa shape index (κ3) is 5.68. The second-order valence-corrected chi connectivity index (χ2v) is 6.64. The summed E-state index contributed by atoms with van der Waals surface area (Å²) in [6, 6.07) is 10.1. The van der Waals surface area contributed by atoms with Crippen molar-refractivity contribution in [3.05, 3.63) is 54.7 Å². The Labute approximate surface area is 169 Å². The quantitative estimate of drug-likeness (QED) is 0.685. The first-order chi connectivity index (χ1) is 11.7. The number of para-hydroxylation sites is 1. The lowest BCUT2D eigenvalue weighted by molar-refractivity contribution is 0.0630. The summed E-state index contributed by atoms with van der Waals surface area (Å²) in [7, 11) is 1.50. The summed E-state index contributed by atoms with van der Waals surface area (Å²) < 4.78 is 0. The molecule has 3 rings (SSSR count). The van der Waals surface area contributed by atoms with E-state index < -0.39 is 6.10 Å². The number of hydrogen-bond donors (Lipinski definition) is 2. The van der Waals surface area contributed by atoms with Crippen LogP contribution in [0.5, 0.6) is 0 Å². The van der Waals surface area contributed by atoms with E-state index in [-0.39, 0.29) is 24.8 Å². The van der Waals surface area contributed by atoms with Crippen LogP contribution in [0.1, 0.15) is 44.3 Å². The Morgan fingerprint density at radius 2 is 1.81 bits per heavy atom. The van der Waals surface area contributed by atoms with Gasteiger partial charge in [-0.3, -0.25) is 4.98 Å². The number of pyridine rings is 1. The van der Waals surface area contributed by atoms with Crippen LogP contribution in [0, 0.1) is 17.8 Å². The molecule has 1 saturated carbocycles. The Bertz CT molecular complexity index is 660. The number of nitrogens with two attached hydrogens (primary N) is 1. The predicted molar refractivity (Wildman–Crippen MR) is 116 cm³/mol. The number of aliphatic hydroxyl groups is 1. The number of aromatic nitrogens is 1. The second-order valence-electron chi connectivity index (χ2n) is 6.64. The highest BCUT2D eigenvalue weighted by Gasteiger charge is 2.30. The Morgan fingerprint density at radius 1 is 1.15 bits per heavy atom. The van der Waals surface area contributed by atoms with E-state index in [4.69, 9.17) is 0 Å². The zero-order chi connectivity index (χ0) is 17.5. The van der Waals surface area contributed by atoms with Crippen LogP contribution in [0.3, 0.4) is 0 Å². The molecular formula is C21H32Cl2N2O. The molecule has 0 radical (unpaired) electrons. The van der Waals surface area contributed by atoms with E-state index in [9.17, 15) is 5.11 Å². The lowest BCUT2D eigenvalue weighted by atomic mass is 9.72. The van der Waals surface area contributed by atoms with Gasteiger partial charge >= 0.3 is 0 Å². The molecule has 2 aromatic rings. The minimum absolute atomic E-state index is 0. The number of aliphatic hydroxyl groups excluding tert-OH is 1. The van der Waals surface area contributed by atoms with Crippen LogP contribution >= 0.6 is 24.8 Å². The van der Waals surface area contributed by atoms with E-state index >= 15 is 0 Å². The summed E-state index contributed by atoms with van der Waals surface area (Å²) >= 11 is 0. The molecule has 5 heteroatoms.